The zero-order chi connectivity index (χ0) is 15.9. The first-order valence-corrected chi connectivity index (χ1v) is 7.00. The molecule has 3 amide bonds. The van der Waals surface area contributed by atoms with Gasteiger partial charge in [-0.15, -0.1) is 6.42 Å². The van der Waals surface area contributed by atoms with Crippen molar-refractivity contribution in [3.63, 3.8) is 0 Å². The Balaban J connectivity index is 1.89. The molecule has 1 fully saturated rings. The summed E-state index contributed by atoms with van der Waals surface area (Å²) >= 11 is 0. The maximum atomic E-state index is 12.5. The first kappa shape index (κ1) is 14.1. The molecule has 1 aromatic rings. The minimum absolute atomic E-state index is 0.0642. The van der Waals surface area contributed by atoms with Crippen LogP contribution in [-0.4, -0.2) is 40.1 Å². The van der Waals surface area contributed by atoms with Crippen LogP contribution in [0, 0.1) is 12.3 Å². The average Bonchev–Trinajstić information content (AvgIpc) is 2.83. The van der Waals surface area contributed by atoms with Gasteiger partial charge in [0.15, 0.2) is 0 Å². The molecule has 1 atom stereocenters. The summed E-state index contributed by atoms with van der Waals surface area (Å²) < 4.78 is 0. The number of nitrogens with zero attached hydrogens (tertiary/aromatic N) is 2. The Morgan fingerprint density at radius 1 is 1.32 bits per heavy atom. The fourth-order valence-corrected chi connectivity index (χ4v) is 3.00. The van der Waals surface area contributed by atoms with Gasteiger partial charge < -0.3 is 10.6 Å². The Hall–Kier alpha value is -2.81. The Kier molecular flexibility index (Phi) is 3.33. The van der Waals surface area contributed by atoms with Crippen LogP contribution in [-0.2, 0) is 16.1 Å². The number of terminal acetylenes is 1. The second kappa shape index (κ2) is 5.19. The lowest BCUT2D eigenvalue weighted by molar-refractivity contribution is -0.151. The average molecular weight is 297 g/mol. The van der Waals surface area contributed by atoms with Gasteiger partial charge in [-0.1, -0.05) is 12.0 Å². The first-order chi connectivity index (χ1) is 10.5. The van der Waals surface area contributed by atoms with E-state index >= 15 is 0 Å². The number of carbonyl (C=O) groups is 3. The number of amides is 3. The van der Waals surface area contributed by atoms with Gasteiger partial charge in [0.25, 0.3) is 11.8 Å². The van der Waals surface area contributed by atoms with Crippen molar-refractivity contribution < 1.29 is 14.4 Å². The number of carbonyl (C=O) groups excluding carboxylic acids is 3. The van der Waals surface area contributed by atoms with Crippen LogP contribution in [0.5, 0.6) is 0 Å². The van der Waals surface area contributed by atoms with Crippen molar-refractivity contribution in [1.29, 1.82) is 0 Å². The van der Waals surface area contributed by atoms with Crippen LogP contribution in [0.1, 0.15) is 28.8 Å². The van der Waals surface area contributed by atoms with E-state index in [1.54, 1.807) is 18.2 Å². The van der Waals surface area contributed by atoms with Gasteiger partial charge in [-0.3, -0.25) is 19.3 Å². The number of rotatable bonds is 2. The maximum absolute atomic E-state index is 12.5. The van der Waals surface area contributed by atoms with Crippen molar-refractivity contribution in [3.05, 3.63) is 29.3 Å². The minimum atomic E-state index is -0.662. The number of anilines is 1. The van der Waals surface area contributed by atoms with E-state index in [4.69, 9.17) is 12.2 Å². The monoisotopic (exact) mass is 297 g/mol. The van der Waals surface area contributed by atoms with Crippen LogP contribution in [0.3, 0.4) is 0 Å². The van der Waals surface area contributed by atoms with Crippen LogP contribution in [0.15, 0.2) is 18.2 Å². The number of piperidine rings is 1. The Labute approximate surface area is 127 Å². The topological polar surface area (TPSA) is 83.7 Å². The van der Waals surface area contributed by atoms with Crippen molar-refractivity contribution >= 4 is 23.4 Å². The van der Waals surface area contributed by atoms with Crippen LogP contribution < -0.4 is 5.73 Å². The van der Waals surface area contributed by atoms with Crippen LogP contribution >= 0.6 is 0 Å². The summed E-state index contributed by atoms with van der Waals surface area (Å²) in [6.45, 7) is 0.223. The second-order valence-corrected chi connectivity index (χ2v) is 5.38. The van der Waals surface area contributed by atoms with Gasteiger partial charge in [-0.25, -0.2) is 0 Å². The van der Waals surface area contributed by atoms with Crippen LogP contribution in [0.25, 0.3) is 0 Å². The van der Waals surface area contributed by atoms with Crippen LogP contribution in [0.2, 0.25) is 0 Å². The number of likely N-dealkylation sites (tertiary alicyclic amines) is 1. The molecule has 0 aromatic heterocycles. The smallest absolute Gasteiger partial charge is 0.255 e. The lowest BCUT2D eigenvalue weighted by Crippen LogP contribution is -2.54. The summed E-state index contributed by atoms with van der Waals surface area (Å²) in [5, 5.41) is 0. The number of hydrogen-bond donors (Lipinski definition) is 1. The molecule has 0 saturated carbocycles. The number of hydrogen-bond acceptors (Lipinski definition) is 4. The van der Waals surface area contributed by atoms with E-state index in [-0.39, 0.29) is 31.3 Å². The number of nitrogens with two attached hydrogens (primary N) is 1. The van der Waals surface area contributed by atoms with E-state index in [9.17, 15) is 14.4 Å². The zero-order valence-electron chi connectivity index (χ0n) is 11.9. The molecule has 1 unspecified atom stereocenters. The molecule has 2 N–H and O–H groups in total. The second-order valence-electron chi connectivity index (χ2n) is 5.38. The Bertz CT molecular complexity index is 720. The fraction of sp³-hybridized carbons (Fsp3) is 0.312. The third kappa shape index (κ3) is 2.02. The summed E-state index contributed by atoms with van der Waals surface area (Å²) in [6.07, 6.45) is 5.73. The third-order valence-electron chi connectivity index (χ3n) is 4.14. The first-order valence-electron chi connectivity index (χ1n) is 7.00. The minimum Gasteiger partial charge on any atom is -0.398 e. The molecule has 2 aliphatic rings. The molecule has 0 radical (unpaired) electrons. The summed E-state index contributed by atoms with van der Waals surface area (Å²) in [7, 11) is 0. The molecule has 0 aliphatic carbocycles. The maximum Gasteiger partial charge on any atom is 0.255 e. The molecule has 112 valence electrons. The predicted molar refractivity (Wildman–Crippen MR) is 79.3 cm³/mol. The molecular formula is C16H15N3O3. The van der Waals surface area contributed by atoms with Gasteiger partial charge in [0.2, 0.25) is 5.91 Å². The fourth-order valence-electron chi connectivity index (χ4n) is 3.00. The predicted octanol–water partition coefficient (Wildman–Crippen LogP) is 0.375. The summed E-state index contributed by atoms with van der Waals surface area (Å²) in [5.41, 5.74) is 7.70. The van der Waals surface area contributed by atoms with Crippen molar-refractivity contribution in [3.8, 4) is 12.3 Å². The summed E-state index contributed by atoms with van der Waals surface area (Å²) in [5.74, 6) is 1.38. The van der Waals surface area contributed by atoms with E-state index in [0.717, 1.165) is 10.5 Å². The summed E-state index contributed by atoms with van der Waals surface area (Å²) in [6, 6.07) is 4.48. The largest absolute Gasteiger partial charge is 0.398 e. The van der Waals surface area contributed by atoms with Crippen molar-refractivity contribution in [2.75, 3.05) is 12.3 Å². The molecule has 1 saturated heterocycles. The van der Waals surface area contributed by atoms with E-state index in [0.29, 0.717) is 17.7 Å². The van der Waals surface area contributed by atoms with E-state index in [1.807, 2.05) is 0 Å². The molecular weight excluding hydrogens is 282 g/mol. The molecule has 3 rings (SSSR count). The van der Waals surface area contributed by atoms with Crippen molar-refractivity contribution in [2.24, 2.45) is 0 Å². The van der Waals surface area contributed by atoms with Gasteiger partial charge in [-0.05, 0) is 18.6 Å². The number of nitrogen functional groups attached to an aromatic ring is 1. The van der Waals surface area contributed by atoms with E-state index < -0.39 is 11.9 Å². The standard InChI is InChI=1S/C16H15N3O3/c1-2-8-18-14(20)7-6-13(16(18)22)19-9-11-10(15(19)21)4-3-5-12(11)17/h1,3-5,13H,6-9,17H2. The molecule has 22 heavy (non-hydrogen) atoms. The van der Waals surface area contributed by atoms with Gasteiger partial charge in [0, 0.05) is 29.8 Å². The van der Waals surface area contributed by atoms with Crippen molar-refractivity contribution in [2.45, 2.75) is 25.4 Å². The molecule has 2 aliphatic heterocycles. The highest BCUT2D eigenvalue weighted by Crippen LogP contribution is 2.31. The number of imide groups is 1. The van der Waals surface area contributed by atoms with Crippen LogP contribution in [0.4, 0.5) is 5.69 Å². The van der Waals surface area contributed by atoms with E-state index in [2.05, 4.69) is 5.92 Å². The molecule has 6 heteroatoms. The number of fused-ring (bicyclic) bond motifs is 1. The van der Waals surface area contributed by atoms with Gasteiger partial charge in [0.05, 0.1) is 6.54 Å². The zero-order valence-corrected chi connectivity index (χ0v) is 11.9. The van der Waals surface area contributed by atoms with Gasteiger partial charge >= 0.3 is 0 Å². The van der Waals surface area contributed by atoms with Gasteiger partial charge in [0.1, 0.15) is 6.04 Å². The molecule has 0 bridgehead atoms. The van der Waals surface area contributed by atoms with E-state index in [1.165, 1.54) is 4.90 Å². The highest BCUT2D eigenvalue weighted by atomic mass is 16.2. The Morgan fingerprint density at radius 3 is 2.77 bits per heavy atom. The molecule has 2 heterocycles. The normalized spacial score (nSPS) is 21.0. The lowest BCUT2D eigenvalue weighted by atomic mass is 10.0. The Morgan fingerprint density at radius 2 is 2.09 bits per heavy atom. The van der Waals surface area contributed by atoms with Gasteiger partial charge in [-0.2, -0.15) is 0 Å². The third-order valence-corrected chi connectivity index (χ3v) is 4.14. The molecule has 6 nitrogen and oxygen atoms in total. The highest BCUT2D eigenvalue weighted by molar-refractivity contribution is 6.06. The molecule has 0 spiro atoms. The lowest BCUT2D eigenvalue weighted by Gasteiger charge is -2.34. The van der Waals surface area contributed by atoms with Crippen molar-refractivity contribution in [1.82, 2.24) is 9.80 Å². The molecule has 1 aromatic carbocycles. The number of benzene rings is 1. The summed E-state index contributed by atoms with van der Waals surface area (Å²) in [4.78, 5) is 39.3. The SMILES string of the molecule is C#CCN1C(=O)CCC(N2Cc3c(N)cccc3C2=O)C1=O. The quantitative estimate of drug-likeness (QED) is 0.486. The highest BCUT2D eigenvalue weighted by Gasteiger charge is 2.42.